The third-order valence-electron chi connectivity index (χ3n) is 5.25. The number of halogens is 2. The van der Waals surface area contributed by atoms with Gasteiger partial charge in [-0.3, -0.25) is 4.79 Å². The molecule has 4 rings (SSSR count). The molecule has 1 aliphatic rings. The van der Waals surface area contributed by atoms with Gasteiger partial charge >= 0.3 is 0 Å². The number of amides is 1. The summed E-state index contributed by atoms with van der Waals surface area (Å²) < 4.78 is 18.8. The van der Waals surface area contributed by atoms with Crippen LogP contribution < -0.4 is 0 Å². The maximum Gasteiger partial charge on any atom is 0.249 e. The Kier molecular flexibility index (Phi) is 5.37. The molecule has 5 nitrogen and oxygen atoms in total. The van der Waals surface area contributed by atoms with E-state index in [2.05, 4.69) is 36.1 Å². The van der Waals surface area contributed by atoms with Crippen LogP contribution in [0.5, 0.6) is 0 Å². The van der Waals surface area contributed by atoms with E-state index in [1.807, 2.05) is 12.1 Å². The molecule has 1 saturated heterocycles. The Morgan fingerprint density at radius 2 is 2.00 bits per heavy atom. The molecule has 0 aliphatic carbocycles. The van der Waals surface area contributed by atoms with E-state index in [0.717, 1.165) is 5.56 Å². The summed E-state index contributed by atoms with van der Waals surface area (Å²) in [7, 11) is 0. The van der Waals surface area contributed by atoms with Crippen LogP contribution in [-0.2, 0) is 11.3 Å². The van der Waals surface area contributed by atoms with Gasteiger partial charge in [-0.1, -0.05) is 60.9 Å². The second-order valence-corrected chi connectivity index (χ2v) is 7.95. The van der Waals surface area contributed by atoms with Gasteiger partial charge in [-0.05, 0) is 35.6 Å². The lowest BCUT2D eigenvalue weighted by Crippen LogP contribution is -2.27. The topological polar surface area (TPSA) is 59.2 Å². The molecule has 2 heterocycles. The van der Waals surface area contributed by atoms with Gasteiger partial charge in [0, 0.05) is 23.6 Å². The normalized spacial score (nSPS) is 16.8. The minimum atomic E-state index is -0.409. The summed E-state index contributed by atoms with van der Waals surface area (Å²) in [4.78, 5) is 18.6. The van der Waals surface area contributed by atoms with Gasteiger partial charge in [0.1, 0.15) is 11.9 Å². The van der Waals surface area contributed by atoms with Crippen molar-refractivity contribution in [2.24, 2.45) is 0 Å². The minimum Gasteiger partial charge on any atom is -0.337 e. The van der Waals surface area contributed by atoms with E-state index in [1.54, 1.807) is 11.0 Å². The van der Waals surface area contributed by atoms with E-state index in [0.29, 0.717) is 41.1 Å². The fraction of sp³-hybridized carbons (Fsp3) is 0.318. The molecule has 1 fully saturated rings. The van der Waals surface area contributed by atoms with Crippen LogP contribution in [0, 0.1) is 5.82 Å². The molecule has 0 bridgehead atoms. The summed E-state index contributed by atoms with van der Waals surface area (Å²) in [5.41, 5.74) is 2.78. The Morgan fingerprint density at radius 1 is 1.24 bits per heavy atom. The molecule has 0 spiro atoms. The van der Waals surface area contributed by atoms with E-state index in [1.165, 1.54) is 17.7 Å². The lowest BCUT2D eigenvalue weighted by molar-refractivity contribution is -0.129. The molecule has 29 heavy (non-hydrogen) atoms. The molecule has 150 valence electrons. The van der Waals surface area contributed by atoms with Crippen molar-refractivity contribution in [3.05, 3.63) is 70.3 Å². The van der Waals surface area contributed by atoms with Crippen molar-refractivity contribution < 1.29 is 13.7 Å². The SMILES string of the molecule is CC(C)c1ccc(-c2noc(C3CCC(=O)N3Cc3ccc(F)cc3Cl)n2)cc1. The molecule has 0 N–H and O–H groups in total. The number of hydrogen-bond acceptors (Lipinski definition) is 4. The standard InChI is InChI=1S/C22H21ClFN3O2/c1-13(2)14-3-5-15(6-4-14)21-25-22(29-26-21)19-9-10-20(28)27(19)12-16-7-8-17(24)11-18(16)23/h3-8,11,13,19H,9-10,12H2,1-2H3. The Bertz CT molecular complexity index is 1030. The highest BCUT2D eigenvalue weighted by atomic mass is 35.5. The molecule has 1 atom stereocenters. The van der Waals surface area contributed by atoms with E-state index in [9.17, 15) is 9.18 Å². The number of carbonyl (C=O) groups excluding carboxylic acids is 1. The molecular weight excluding hydrogens is 393 g/mol. The molecular formula is C22H21ClFN3O2. The Morgan fingerprint density at radius 3 is 2.69 bits per heavy atom. The molecule has 3 aromatic rings. The number of aromatic nitrogens is 2. The Balaban J connectivity index is 1.56. The van der Waals surface area contributed by atoms with Crippen LogP contribution in [0.4, 0.5) is 4.39 Å². The van der Waals surface area contributed by atoms with Crippen molar-refractivity contribution in [2.45, 2.75) is 45.2 Å². The third kappa shape index (κ3) is 4.03. The van der Waals surface area contributed by atoms with Gasteiger partial charge in [0.2, 0.25) is 17.6 Å². The van der Waals surface area contributed by atoms with Crippen LogP contribution in [0.3, 0.4) is 0 Å². The quantitative estimate of drug-likeness (QED) is 0.552. The Labute approximate surface area is 173 Å². The number of hydrogen-bond donors (Lipinski definition) is 0. The molecule has 0 saturated carbocycles. The summed E-state index contributed by atoms with van der Waals surface area (Å²) in [5.74, 6) is 0.914. The van der Waals surface area contributed by atoms with Gasteiger partial charge in [0.05, 0.1) is 0 Å². The predicted octanol–water partition coefficient (Wildman–Crippen LogP) is 5.52. The van der Waals surface area contributed by atoms with Crippen molar-refractivity contribution in [1.82, 2.24) is 15.0 Å². The highest BCUT2D eigenvalue weighted by molar-refractivity contribution is 6.31. The van der Waals surface area contributed by atoms with Gasteiger partial charge in [-0.15, -0.1) is 0 Å². The lowest BCUT2D eigenvalue weighted by atomic mass is 10.0. The van der Waals surface area contributed by atoms with Gasteiger partial charge in [0.15, 0.2) is 0 Å². The van der Waals surface area contributed by atoms with Crippen LogP contribution in [0.15, 0.2) is 47.0 Å². The summed E-state index contributed by atoms with van der Waals surface area (Å²) >= 11 is 6.14. The van der Waals surface area contributed by atoms with Crippen molar-refractivity contribution in [2.75, 3.05) is 0 Å². The molecule has 1 aliphatic heterocycles. The summed E-state index contributed by atoms with van der Waals surface area (Å²) in [6.45, 7) is 4.55. The van der Waals surface area contributed by atoms with Gasteiger partial charge < -0.3 is 9.42 Å². The van der Waals surface area contributed by atoms with Crippen LogP contribution in [0.2, 0.25) is 5.02 Å². The zero-order valence-corrected chi connectivity index (χ0v) is 17.0. The third-order valence-corrected chi connectivity index (χ3v) is 5.60. The monoisotopic (exact) mass is 413 g/mol. The van der Waals surface area contributed by atoms with E-state index < -0.39 is 5.82 Å². The first-order valence-corrected chi connectivity index (χ1v) is 9.97. The van der Waals surface area contributed by atoms with Gasteiger partial charge in [-0.2, -0.15) is 4.98 Å². The highest BCUT2D eigenvalue weighted by Gasteiger charge is 2.36. The Hall–Kier alpha value is -2.73. The molecule has 1 amide bonds. The summed E-state index contributed by atoms with van der Waals surface area (Å²) in [5, 5.41) is 4.39. The van der Waals surface area contributed by atoms with Crippen LogP contribution in [0.1, 0.15) is 55.7 Å². The van der Waals surface area contributed by atoms with Gasteiger partial charge in [-0.25, -0.2) is 4.39 Å². The predicted molar refractivity (Wildman–Crippen MR) is 108 cm³/mol. The van der Waals surface area contributed by atoms with Gasteiger partial charge in [0.25, 0.3) is 0 Å². The number of nitrogens with zero attached hydrogens (tertiary/aromatic N) is 3. The molecule has 1 unspecified atom stereocenters. The van der Waals surface area contributed by atoms with Crippen molar-refractivity contribution in [3.8, 4) is 11.4 Å². The second kappa shape index (κ2) is 7.95. The van der Waals surface area contributed by atoms with Crippen molar-refractivity contribution in [1.29, 1.82) is 0 Å². The molecule has 0 radical (unpaired) electrons. The molecule has 7 heteroatoms. The van der Waals surface area contributed by atoms with E-state index in [-0.39, 0.29) is 18.5 Å². The van der Waals surface area contributed by atoms with Crippen molar-refractivity contribution in [3.63, 3.8) is 0 Å². The fourth-order valence-electron chi connectivity index (χ4n) is 3.53. The van der Waals surface area contributed by atoms with Crippen LogP contribution in [-0.4, -0.2) is 20.9 Å². The number of carbonyl (C=O) groups is 1. The maximum atomic E-state index is 13.3. The minimum absolute atomic E-state index is 0.0172. The van der Waals surface area contributed by atoms with Crippen LogP contribution in [0.25, 0.3) is 11.4 Å². The number of rotatable bonds is 5. The first-order chi connectivity index (χ1) is 13.9. The first kappa shape index (κ1) is 19.6. The molecule has 1 aromatic heterocycles. The fourth-order valence-corrected chi connectivity index (χ4v) is 3.75. The largest absolute Gasteiger partial charge is 0.337 e. The zero-order chi connectivity index (χ0) is 20.5. The summed E-state index contributed by atoms with van der Waals surface area (Å²) in [6, 6.07) is 11.9. The zero-order valence-electron chi connectivity index (χ0n) is 16.2. The highest BCUT2D eigenvalue weighted by Crippen LogP contribution is 2.35. The average molecular weight is 414 g/mol. The van der Waals surface area contributed by atoms with E-state index >= 15 is 0 Å². The lowest BCUT2D eigenvalue weighted by Gasteiger charge is -2.22. The first-order valence-electron chi connectivity index (χ1n) is 9.59. The second-order valence-electron chi connectivity index (χ2n) is 7.54. The van der Waals surface area contributed by atoms with Crippen LogP contribution >= 0.6 is 11.6 Å². The van der Waals surface area contributed by atoms with Crippen molar-refractivity contribution >= 4 is 17.5 Å². The summed E-state index contributed by atoms with van der Waals surface area (Å²) in [6.07, 6.45) is 0.982. The smallest absolute Gasteiger partial charge is 0.249 e. The van der Waals surface area contributed by atoms with E-state index in [4.69, 9.17) is 16.1 Å². The number of benzene rings is 2. The average Bonchev–Trinajstić information content (AvgIpc) is 3.31. The molecule has 2 aromatic carbocycles. The maximum absolute atomic E-state index is 13.3. The number of likely N-dealkylation sites (tertiary alicyclic amines) is 1.